The van der Waals surface area contributed by atoms with Crippen LogP contribution < -0.4 is 34.7 Å². The molecule has 0 unspecified atom stereocenters. The van der Waals surface area contributed by atoms with Gasteiger partial charge in [0.1, 0.15) is 0 Å². The van der Waals surface area contributed by atoms with E-state index in [1.54, 1.807) is 13.1 Å². The SMILES string of the molecule is C[C@@H](O)[C@H]1C(=O)N2C(C(=O)[O-])=C(c3ccc4c(c3)c3ncccc3n4C)C[C@H]12.[Na+]. The fraction of sp³-hybridized carbons (Fsp3) is 0.286. The molecular weight excluding hydrogens is 381 g/mol. The molecule has 4 heterocycles. The van der Waals surface area contributed by atoms with Gasteiger partial charge >= 0.3 is 29.6 Å². The molecule has 3 atom stereocenters. The van der Waals surface area contributed by atoms with Crippen molar-refractivity contribution in [2.45, 2.75) is 25.5 Å². The summed E-state index contributed by atoms with van der Waals surface area (Å²) < 4.78 is 2.05. The number of aromatic nitrogens is 2. The Morgan fingerprint density at radius 2 is 2.07 bits per heavy atom. The van der Waals surface area contributed by atoms with Gasteiger partial charge in [-0.3, -0.25) is 9.78 Å². The first kappa shape index (κ1) is 20.1. The molecule has 5 rings (SSSR count). The molecule has 2 aliphatic rings. The van der Waals surface area contributed by atoms with Crippen LogP contribution in [0, 0.1) is 5.92 Å². The third-order valence-electron chi connectivity index (χ3n) is 6.03. The van der Waals surface area contributed by atoms with Crippen molar-refractivity contribution < 1.29 is 49.4 Å². The Morgan fingerprint density at radius 1 is 1.31 bits per heavy atom. The molecule has 1 N–H and O–H groups in total. The van der Waals surface area contributed by atoms with Gasteiger partial charge in [0.05, 0.1) is 46.3 Å². The number of carboxylic acid groups (broad SMARTS) is 1. The van der Waals surface area contributed by atoms with Crippen LogP contribution in [0.25, 0.3) is 27.5 Å². The smallest absolute Gasteiger partial charge is 0.543 e. The molecule has 1 aromatic carbocycles. The zero-order chi connectivity index (χ0) is 19.7. The monoisotopic (exact) mass is 399 g/mol. The van der Waals surface area contributed by atoms with E-state index in [1.165, 1.54) is 4.90 Å². The molecule has 1 amide bonds. The normalized spacial score (nSPS) is 21.9. The maximum absolute atomic E-state index is 12.4. The summed E-state index contributed by atoms with van der Waals surface area (Å²) in [4.78, 5) is 30.0. The van der Waals surface area contributed by atoms with E-state index in [-0.39, 0.29) is 47.2 Å². The third kappa shape index (κ3) is 2.69. The molecule has 0 aliphatic carbocycles. The first-order valence-corrected chi connectivity index (χ1v) is 9.19. The van der Waals surface area contributed by atoms with Gasteiger partial charge in [0, 0.05) is 18.6 Å². The van der Waals surface area contributed by atoms with Crippen LogP contribution in [0.5, 0.6) is 0 Å². The van der Waals surface area contributed by atoms with Gasteiger partial charge in [-0.05, 0) is 48.7 Å². The number of hydrogen-bond donors (Lipinski definition) is 1. The number of β-lactam (4-membered cyclic amide) rings is 1. The summed E-state index contributed by atoms with van der Waals surface area (Å²) in [6.07, 6.45) is 1.29. The van der Waals surface area contributed by atoms with E-state index >= 15 is 0 Å². The van der Waals surface area contributed by atoms with E-state index in [1.807, 2.05) is 41.9 Å². The first-order chi connectivity index (χ1) is 13.4. The summed E-state index contributed by atoms with van der Waals surface area (Å²) >= 11 is 0. The van der Waals surface area contributed by atoms with Crippen LogP contribution in [0.3, 0.4) is 0 Å². The zero-order valence-corrected chi connectivity index (χ0v) is 18.4. The van der Waals surface area contributed by atoms with E-state index in [0.717, 1.165) is 27.5 Å². The van der Waals surface area contributed by atoms with E-state index < -0.39 is 18.0 Å². The number of benzene rings is 1. The second-order valence-corrected chi connectivity index (χ2v) is 7.52. The van der Waals surface area contributed by atoms with Gasteiger partial charge in [0.15, 0.2) is 0 Å². The Bertz CT molecular complexity index is 1210. The fourth-order valence-electron chi connectivity index (χ4n) is 4.73. The van der Waals surface area contributed by atoms with Crippen molar-refractivity contribution in [1.29, 1.82) is 0 Å². The Hall–Kier alpha value is -2.19. The maximum atomic E-state index is 12.4. The van der Waals surface area contributed by atoms with Crippen molar-refractivity contribution in [2.24, 2.45) is 13.0 Å². The largest absolute Gasteiger partial charge is 1.00 e. The summed E-state index contributed by atoms with van der Waals surface area (Å²) in [5, 5.41) is 22.7. The average Bonchev–Trinajstić information content (AvgIpc) is 3.15. The number of carbonyl (C=O) groups excluding carboxylic acids is 2. The molecule has 2 aliphatic heterocycles. The molecule has 3 aromatic rings. The van der Waals surface area contributed by atoms with Crippen molar-refractivity contribution in [3.63, 3.8) is 0 Å². The minimum Gasteiger partial charge on any atom is -0.543 e. The van der Waals surface area contributed by atoms with Gasteiger partial charge < -0.3 is 24.5 Å². The Labute approximate surface area is 188 Å². The van der Waals surface area contributed by atoms with Gasteiger partial charge in [0.2, 0.25) is 5.91 Å². The molecular formula is C21H18N3NaO4. The molecule has 0 saturated carbocycles. The van der Waals surface area contributed by atoms with E-state index in [0.29, 0.717) is 12.0 Å². The van der Waals surface area contributed by atoms with Gasteiger partial charge in [-0.15, -0.1) is 0 Å². The number of aliphatic hydroxyl groups is 1. The number of fused-ring (bicyclic) bond motifs is 4. The van der Waals surface area contributed by atoms with Crippen molar-refractivity contribution >= 4 is 39.4 Å². The van der Waals surface area contributed by atoms with Crippen LogP contribution in [0.4, 0.5) is 0 Å². The standard InChI is InChI=1S/C21H19N3O4.Na/c1-10(25)17-16-9-12(19(21(27)28)24(16)20(17)26)11-5-6-14-13(8-11)18-15(23(14)2)4-3-7-22-18;/h3-8,10,16-17,25H,9H2,1-2H3,(H,27,28);/q;+1/p-1/t10-,16-,17-;/m1./s1. The summed E-state index contributed by atoms with van der Waals surface area (Å²) in [5.41, 5.74) is 4.04. The van der Waals surface area contributed by atoms with Crippen LogP contribution in [0.1, 0.15) is 18.9 Å². The summed E-state index contributed by atoms with van der Waals surface area (Å²) in [7, 11) is 1.96. The van der Waals surface area contributed by atoms with Crippen molar-refractivity contribution in [3.05, 3.63) is 47.8 Å². The summed E-state index contributed by atoms with van der Waals surface area (Å²) in [6.45, 7) is 1.56. The predicted octanol–water partition coefficient (Wildman–Crippen LogP) is -2.20. The second kappa shape index (κ2) is 6.95. The molecule has 29 heavy (non-hydrogen) atoms. The number of aryl methyl sites for hydroxylation is 1. The van der Waals surface area contributed by atoms with Gasteiger partial charge in [-0.2, -0.15) is 0 Å². The van der Waals surface area contributed by atoms with Crippen LogP contribution in [0.15, 0.2) is 42.2 Å². The number of nitrogens with zero attached hydrogens (tertiary/aromatic N) is 3. The van der Waals surface area contributed by atoms with Gasteiger partial charge in [0.25, 0.3) is 0 Å². The third-order valence-corrected chi connectivity index (χ3v) is 6.03. The number of hydrogen-bond acceptors (Lipinski definition) is 5. The van der Waals surface area contributed by atoms with Crippen LogP contribution in [-0.4, -0.2) is 43.6 Å². The second-order valence-electron chi connectivity index (χ2n) is 7.52. The zero-order valence-electron chi connectivity index (χ0n) is 16.4. The number of amides is 1. The fourth-order valence-corrected chi connectivity index (χ4v) is 4.73. The summed E-state index contributed by atoms with van der Waals surface area (Å²) in [6, 6.07) is 9.26. The van der Waals surface area contributed by atoms with Crippen molar-refractivity contribution in [1.82, 2.24) is 14.5 Å². The molecule has 8 heteroatoms. The van der Waals surface area contributed by atoms with Gasteiger partial charge in [-0.1, -0.05) is 6.07 Å². The number of rotatable bonds is 3. The summed E-state index contributed by atoms with van der Waals surface area (Å²) in [5.74, 6) is -2.30. The maximum Gasteiger partial charge on any atom is 1.00 e. The molecule has 0 spiro atoms. The number of pyridine rings is 1. The predicted molar refractivity (Wildman–Crippen MR) is 101 cm³/mol. The van der Waals surface area contributed by atoms with Crippen LogP contribution >= 0.6 is 0 Å². The van der Waals surface area contributed by atoms with E-state index in [2.05, 4.69) is 4.98 Å². The number of carbonyl (C=O) groups is 2. The number of aliphatic hydroxyl groups excluding tert-OH is 1. The Kier molecular flexibility index (Phi) is 4.82. The Morgan fingerprint density at radius 3 is 2.76 bits per heavy atom. The Balaban J connectivity index is 0.00000205. The van der Waals surface area contributed by atoms with Crippen molar-refractivity contribution in [2.75, 3.05) is 0 Å². The van der Waals surface area contributed by atoms with E-state index in [4.69, 9.17) is 0 Å². The molecule has 2 aromatic heterocycles. The van der Waals surface area contributed by atoms with Crippen LogP contribution in [-0.2, 0) is 16.6 Å². The molecule has 0 radical (unpaired) electrons. The minimum absolute atomic E-state index is 0. The average molecular weight is 399 g/mol. The molecule has 1 fully saturated rings. The molecule has 7 nitrogen and oxygen atoms in total. The van der Waals surface area contributed by atoms with Crippen molar-refractivity contribution in [3.8, 4) is 0 Å². The topological polar surface area (TPSA) is 98.5 Å². The minimum atomic E-state index is -1.37. The van der Waals surface area contributed by atoms with Gasteiger partial charge in [-0.25, -0.2) is 0 Å². The molecule has 1 saturated heterocycles. The van der Waals surface area contributed by atoms with E-state index in [9.17, 15) is 19.8 Å². The first-order valence-electron chi connectivity index (χ1n) is 9.19. The van der Waals surface area contributed by atoms with Crippen LogP contribution in [0.2, 0.25) is 0 Å². The number of carboxylic acids is 1. The molecule has 0 bridgehead atoms. The molecule has 142 valence electrons. The quantitative estimate of drug-likeness (QED) is 0.398. The number of aliphatic carboxylic acids is 1.